The van der Waals surface area contributed by atoms with Gasteiger partial charge in [0, 0.05) is 5.31 Å². The summed E-state index contributed by atoms with van der Waals surface area (Å²) in [4.78, 5) is 0. The molecule has 0 saturated heterocycles. The number of rotatable bonds is 0. The SMILES string of the molecule is C/C=C1/P=CC(C)=C1C. The van der Waals surface area contributed by atoms with E-state index >= 15 is 0 Å². The molecule has 0 saturated carbocycles. The highest BCUT2D eigenvalue weighted by Gasteiger charge is 2.03. The zero-order valence-electron chi connectivity index (χ0n) is 6.10. The van der Waals surface area contributed by atoms with Gasteiger partial charge in [0.15, 0.2) is 0 Å². The molecule has 0 unspecified atom stereocenters. The van der Waals surface area contributed by atoms with E-state index < -0.39 is 0 Å². The van der Waals surface area contributed by atoms with Gasteiger partial charge < -0.3 is 0 Å². The molecule has 0 aromatic rings. The lowest BCUT2D eigenvalue weighted by molar-refractivity contribution is 1.41. The summed E-state index contributed by atoms with van der Waals surface area (Å²) < 4.78 is 0. The fraction of sp³-hybridized carbons (Fsp3) is 0.375. The third-order valence-corrected chi connectivity index (χ3v) is 3.03. The van der Waals surface area contributed by atoms with Crippen LogP contribution in [0.25, 0.3) is 0 Å². The molecular formula is C8H11P. The van der Waals surface area contributed by atoms with Gasteiger partial charge in [-0.2, -0.15) is 0 Å². The molecule has 48 valence electrons. The second-order valence-corrected chi connectivity index (χ2v) is 3.24. The summed E-state index contributed by atoms with van der Waals surface area (Å²) in [5, 5.41) is 1.47. The van der Waals surface area contributed by atoms with Crippen molar-refractivity contribution in [3.63, 3.8) is 0 Å². The van der Waals surface area contributed by atoms with Crippen LogP contribution in [-0.4, -0.2) is 5.80 Å². The Morgan fingerprint density at radius 2 is 2.11 bits per heavy atom. The zero-order chi connectivity index (χ0) is 6.85. The minimum Gasteiger partial charge on any atom is -0.0755 e. The average Bonchev–Trinajstić information content (AvgIpc) is 2.15. The third-order valence-electron chi connectivity index (χ3n) is 1.65. The van der Waals surface area contributed by atoms with Crippen molar-refractivity contribution in [3.8, 4) is 0 Å². The van der Waals surface area contributed by atoms with Gasteiger partial charge in [0.05, 0.1) is 0 Å². The summed E-state index contributed by atoms with van der Waals surface area (Å²) >= 11 is 0. The minimum absolute atomic E-state index is 1.37. The molecule has 0 fully saturated rings. The van der Waals surface area contributed by atoms with Crippen molar-refractivity contribution in [1.82, 2.24) is 0 Å². The summed E-state index contributed by atoms with van der Waals surface area (Å²) in [6.45, 7) is 6.44. The number of hydrogen-bond acceptors (Lipinski definition) is 0. The molecule has 0 aromatic carbocycles. The molecule has 0 aromatic heterocycles. The minimum atomic E-state index is 1.37. The second-order valence-electron chi connectivity index (χ2n) is 2.24. The van der Waals surface area contributed by atoms with E-state index in [9.17, 15) is 0 Å². The molecule has 0 bridgehead atoms. The molecule has 0 atom stereocenters. The van der Waals surface area contributed by atoms with E-state index in [0.29, 0.717) is 0 Å². The van der Waals surface area contributed by atoms with Crippen LogP contribution in [0.4, 0.5) is 0 Å². The van der Waals surface area contributed by atoms with E-state index in [2.05, 4.69) is 32.6 Å². The molecule has 0 N–H and O–H groups in total. The van der Waals surface area contributed by atoms with Crippen molar-refractivity contribution in [1.29, 1.82) is 0 Å². The Bertz CT molecular complexity index is 207. The molecule has 9 heavy (non-hydrogen) atoms. The first-order valence-electron chi connectivity index (χ1n) is 3.14. The Hall–Kier alpha value is -0.350. The number of hydrogen-bond donors (Lipinski definition) is 0. The predicted octanol–water partition coefficient (Wildman–Crippen LogP) is 2.99. The molecule has 1 aliphatic rings. The summed E-state index contributed by atoms with van der Waals surface area (Å²) in [5.41, 5.74) is 2.89. The van der Waals surface area contributed by atoms with Gasteiger partial charge in [-0.05, 0) is 37.7 Å². The van der Waals surface area contributed by atoms with Gasteiger partial charge in [0.1, 0.15) is 0 Å². The second kappa shape index (κ2) is 2.49. The fourth-order valence-corrected chi connectivity index (χ4v) is 1.90. The largest absolute Gasteiger partial charge is 0.0755 e. The normalized spacial score (nSPS) is 24.1. The van der Waals surface area contributed by atoms with Crippen molar-refractivity contribution in [3.05, 3.63) is 22.5 Å². The van der Waals surface area contributed by atoms with Gasteiger partial charge in [0.25, 0.3) is 0 Å². The maximum absolute atomic E-state index is 2.25. The lowest BCUT2D eigenvalue weighted by Crippen LogP contribution is -1.75. The first-order valence-corrected chi connectivity index (χ1v) is 4.10. The highest BCUT2D eigenvalue weighted by atomic mass is 31.1. The Kier molecular flexibility index (Phi) is 1.87. The third kappa shape index (κ3) is 1.14. The first kappa shape index (κ1) is 6.77. The zero-order valence-corrected chi connectivity index (χ0v) is 7.00. The molecule has 1 rings (SSSR count). The quantitative estimate of drug-likeness (QED) is 0.451. The summed E-state index contributed by atoms with van der Waals surface area (Å²) in [5.74, 6) is 2.25. The molecule has 0 nitrogen and oxygen atoms in total. The highest BCUT2D eigenvalue weighted by molar-refractivity contribution is 7.45. The lowest BCUT2D eigenvalue weighted by atomic mass is 10.2. The van der Waals surface area contributed by atoms with Crippen LogP contribution in [0.15, 0.2) is 22.5 Å². The molecule has 0 aliphatic carbocycles. The molecular weight excluding hydrogens is 127 g/mol. The van der Waals surface area contributed by atoms with Crippen molar-refractivity contribution in [2.75, 3.05) is 0 Å². The van der Waals surface area contributed by atoms with Crippen LogP contribution >= 0.6 is 8.20 Å². The Labute approximate surface area is 58.1 Å². The van der Waals surface area contributed by atoms with Gasteiger partial charge in [-0.25, -0.2) is 0 Å². The van der Waals surface area contributed by atoms with Gasteiger partial charge in [0.2, 0.25) is 0 Å². The van der Waals surface area contributed by atoms with Crippen LogP contribution in [0.3, 0.4) is 0 Å². The van der Waals surface area contributed by atoms with Crippen molar-refractivity contribution < 1.29 is 0 Å². The van der Waals surface area contributed by atoms with Gasteiger partial charge in [-0.15, -0.1) is 0 Å². The Balaban J connectivity index is 3.01. The molecule has 1 heterocycles. The van der Waals surface area contributed by atoms with E-state index in [-0.39, 0.29) is 0 Å². The van der Waals surface area contributed by atoms with Crippen molar-refractivity contribution in [2.45, 2.75) is 20.8 Å². The van der Waals surface area contributed by atoms with E-state index in [4.69, 9.17) is 0 Å². The van der Waals surface area contributed by atoms with E-state index in [1.807, 2.05) is 0 Å². The molecule has 0 spiro atoms. The van der Waals surface area contributed by atoms with Crippen LogP contribution in [0.5, 0.6) is 0 Å². The molecule has 0 radical (unpaired) electrons. The van der Waals surface area contributed by atoms with E-state index in [1.54, 1.807) is 0 Å². The first-order chi connectivity index (χ1) is 4.25. The Morgan fingerprint density at radius 1 is 1.44 bits per heavy atom. The fourth-order valence-electron chi connectivity index (χ4n) is 0.853. The summed E-state index contributed by atoms with van der Waals surface area (Å²) in [7, 11) is 1.37. The summed E-state index contributed by atoms with van der Waals surface area (Å²) in [6.07, 6.45) is 2.18. The monoisotopic (exact) mass is 138 g/mol. The maximum Gasteiger partial charge on any atom is 0.000707 e. The molecule has 0 amide bonds. The van der Waals surface area contributed by atoms with Gasteiger partial charge in [-0.1, -0.05) is 14.3 Å². The van der Waals surface area contributed by atoms with Crippen molar-refractivity contribution >= 4 is 14.0 Å². The van der Waals surface area contributed by atoms with Gasteiger partial charge >= 0.3 is 0 Å². The lowest BCUT2D eigenvalue weighted by Gasteiger charge is -1.93. The number of allylic oxidation sites excluding steroid dienone is 4. The topological polar surface area (TPSA) is 0 Å². The predicted molar refractivity (Wildman–Crippen MR) is 45.1 cm³/mol. The van der Waals surface area contributed by atoms with Crippen LogP contribution in [0.1, 0.15) is 20.8 Å². The van der Waals surface area contributed by atoms with Crippen molar-refractivity contribution in [2.24, 2.45) is 0 Å². The molecule has 1 heteroatoms. The average molecular weight is 138 g/mol. The van der Waals surface area contributed by atoms with Crippen LogP contribution in [0.2, 0.25) is 0 Å². The van der Waals surface area contributed by atoms with Crippen LogP contribution in [0, 0.1) is 0 Å². The van der Waals surface area contributed by atoms with Crippen LogP contribution < -0.4 is 0 Å². The summed E-state index contributed by atoms with van der Waals surface area (Å²) in [6, 6.07) is 0. The molecule has 1 aliphatic heterocycles. The smallest absolute Gasteiger partial charge is 0.000707 e. The van der Waals surface area contributed by atoms with Gasteiger partial charge in [-0.3, -0.25) is 0 Å². The van der Waals surface area contributed by atoms with E-state index in [1.165, 1.54) is 24.7 Å². The maximum atomic E-state index is 2.25. The Morgan fingerprint density at radius 3 is 2.33 bits per heavy atom. The standard InChI is InChI=1S/C8H11P/c1-4-8-7(3)6(2)5-9-8/h4-5H,1-3H3/b8-4+. The highest BCUT2D eigenvalue weighted by Crippen LogP contribution is 2.30. The van der Waals surface area contributed by atoms with E-state index in [0.717, 1.165) is 0 Å². The van der Waals surface area contributed by atoms with Crippen LogP contribution in [-0.2, 0) is 0 Å².